The van der Waals surface area contributed by atoms with Gasteiger partial charge in [0.15, 0.2) is 0 Å². The molecule has 0 heterocycles. The van der Waals surface area contributed by atoms with Crippen molar-refractivity contribution in [3.8, 4) is 0 Å². The van der Waals surface area contributed by atoms with Crippen molar-refractivity contribution in [1.82, 2.24) is 0 Å². The van der Waals surface area contributed by atoms with E-state index in [9.17, 15) is 9.90 Å². The van der Waals surface area contributed by atoms with Gasteiger partial charge in [-0.25, -0.2) is 0 Å². The van der Waals surface area contributed by atoms with Crippen molar-refractivity contribution in [2.45, 2.75) is 39.5 Å². The van der Waals surface area contributed by atoms with Gasteiger partial charge in [-0.05, 0) is 29.9 Å². The number of benzene rings is 1. The highest BCUT2D eigenvalue weighted by molar-refractivity contribution is 5.77. The van der Waals surface area contributed by atoms with Crippen molar-refractivity contribution in [3.05, 3.63) is 35.4 Å². The molecule has 0 aromatic heterocycles. The molecule has 0 spiro atoms. The van der Waals surface area contributed by atoms with Gasteiger partial charge in [0.2, 0.25) is 0 Å². The predicted molar refractivity (Wildman–Crippen MR) is 68.0 cm³/mol. The lowest BCUT2D eigenvalue weighted by Crippen LogP contribution is -2.39. The van der Waals surface area contributed by atoms with Crippen molar-refractivity contribution in [2.24, 2.45) is 11.3 Å². The number of carboxylic acids is 1. The van der Waals surface area contributed by atoms with Crippen LogP contribution in [0.3, 0.4) is 0 Å². The summed E-state index contributed by atoms with van der Waals surface area (Å²) in [5.41, 5.74) is 1.89. The van der Waals surface area contributed by atoms with Crippen LogP contribution >= 0.6 is 0 Å². The molecule has 0 unspecified atom stereocenters. The van der Waals surface area contributed by atoms with Crippen molar-refractivity contribution >= 4 is 5.97 Å². The quantitative estimate of drug-likeness (QED) is 0.865. The van der Waals surface area contributed by atoms with Gasteiger partial charge < -0.3 is 5.11 Å². The van der Waals surface area contributed by atoms with Gasteiger partial charge >= 0.3 is 5.97 Å². The Balaban J connectivity index is 2.38. The molecule has 0 radical (unpaired) electrons. The Morgan fingerprint density at radius 3 is 2.06 bits per heavy atom. The first-order valence-corrected chi connectivity index (χ1v) is 6.44. The number of rotatable bonds is 4. The average Bonchev–Trinajstić information content (AvgIpc) is 2.71. The standard InChI is InChI=1S/C15H20O2/c1-3-13(4-2)15(14(16)17)9-11-7-5-6-8-12(11)10-15/h5-8,13H,3-4,9-10H2,1-2H3,(H,16,17). The summed E-state index contributed by atoms with van der Waals surface area (Å²) >= 11 is 0. The normalized spacial score (nSPS) is 17.1. The first-order chi connectivity index (χ1) is 8.14. The van der Waals surface area contributed by atoms with E-state index in [-0.39, 0.29) is 5.92 Å². The Hall–Kier alpha value is -1.31. The van der Waals surface area contributed by atoms with Crippen LogP contribution in [0.4, 0.5) is 0 Å². The molecule has 0 aliphatic heterocycles. The minimum Gasteiger partial charge on any atom is -0.481 e. The van der Waals surface area contributed by atoms with Crippen LogP contribution in [-0.2, 0) is 17.6 Å². The fraction of sp³-hybridized carbons (Fsp3) is 0.533. The lowest BCUT2D eigenvalue weighted by atomic mass is 9.70. The SMILES string of the molecule is CCC(CC)C1(C(=O)O)Cc2ccccc2C1. The summed E-state index contributed by atoms with van der Waals surface area (Å²) in [6.45, 7) is 4.20. The van der Waals surface area contributed by atoms with Crippen molar-refractivity contribution in [1.29, 1.82) is 0 Å². The van der Waals surface area contributed by atoms with E-state index in [1.807, 2.05) is 12.1 Å². The van der Waals surface area contributed by atoms with E-state index in [2.05, 4.69) is 26.0 Å². The summed E-state index contributed by atoms with van der Waals surface area (Å²) in [6, 6.07) is 8.15. The van der Waals surface area contributed by atoms with Gasteiger partial charge in [-0.2, -0.15) is 0 Å². The number of fused-ring (bicyclic) bond motifs is 1. The van der Waals surface area contributed by atoms with Crippen LogP contribution in [0, 0.1) is 11.3 Å². The first-order valence-electron chi connectivity index (χ1n) is 6.44. The van der Waals surface area contributed by atoms with Crippen LogP contribution in [0.25, 0.3) is 0 Å². The highest BCUT2D eigenvalue weighted by atomic mass is 16.4. The lowest BCUT2D eigenvalue weighted by molar-refractivity contribution is -0.152. The number of hydrogen-bond donors (Lipinski definition) is 1. The van der Waals surface area contributed by atoms with E-state index in [1.165, 1.54) is 11.1 Å². The van der Waals surface area contributed by atoms with Crippen molar-refractivity contribution < 1.29 is 9.90 Å². The number of aliphatic carboxylic acids is 1. The molecule has 1 aromatic rings. The van der Waals surface area contributed by atoms with E-state index in [4.69, 9.17) is 0 Å². The first kappa shape index (κ1) is 12.2. The summed E-state index contributed by atoms with van der Waals surface area (Å²) < 4.78 is 0. The molecule has 0 atom stereocenters. The Kier molecular flexibility index (Phi) is 3.23. The largest absolute Gasteiger partial charge is 0.481 e. The maximum absolute atomic E-state index is 11.8. The zero-order valence-electron chi connectivity index (χ0n) is 10.6. The maximum atomic E-state index is 11.8. The van der Waals surface area contributed by atoms with Gasteiger partial charge in [-0.15, -0.1) is 0 Å². The molecule has 0 fully saturated rings. The van der Waals surface area contributed by atoms with Crippen LogP contribution in [-0.4, -0.2) is 11.1 Å². The lowest BCUT2D eigenvalue weighted by Gasteiger charge is -2.32. The molecule has 1 aliphatic carbocycles. The Morgan fingerprint density at radius 2 is 1.71 bits per heavy atom. The summed E-state index contributed by atoms with van der Waals surface area (Å²) in [5, 5.41) is 9.67. The second-order valence-corrected chi connectivity index (χ2v) is 5.10. The molecule has 0 saturated carbocycles. The van der Waals surface area contributed by atoms with Crippen LogP contribution < -0.4 is 0 Å². The molecule has 2 nitrogen and oxygen atoms in total. The zero-order chi connectivity index (χ0) is 12.5. The molecular weight excluding hydrogens is 212 g/mol. The minimum absolute atomic E-state index is 0.271. The average molecular weight is 232 g/mol. The summed E-state index contributed by atoms with van der Waals surface area (Å²) in [4.78, 5) is 11.8. The van der Waals surface area contributed by atoms with E-state index in [1.54, 1.807) is 0 Å². The maximum Gasteiger partial charge on any atom is 0.310 e. The number of hydrogen-bond acceptors (Lipinski definition) is 1. The molecule has 17 heavy (non-hydrogen) atoms. The monoisotopic (exact) mass is 232 g/mol. The van der Waals surface area contributed by atoms with Gasteiger partial charge in [-0.3, -0.25) is 4.79 Å². The summed E-state index contributed by atoms with van der Waals surface area (Å²) in [7, 11) is 0. The molecule has 1 aromatic carbocycles. The van der Waals surface area contributed by atoms with Crippen LogP contribution in [0.15, 0.2) is 24.3 Å². The van der Waals surface area contributed by atoms with Crippen molar-refractivity contribution in [2.75, 3.05) is 0 Å². The van der Waals surface area contributed by atoms with Gasteiger partial charge in [0.25, 0.3) is 0 Å². The molecular formula is C15H20O2. The fourth-order valence-electron chi connectivity index (χ4n) is 3.33. The topological polar surface area (TPSA) is 37.3 Å². The molecule has 2 heteroatoms. The third kappa shape index (κ3) is 1.86. The van der Waals surface area contributed by atoms with Gasteiger partial charge in [-0.1, -0.05) is 51.0 Å². The smallest absolute Gasteiger partial charge is 0.310 e. The second-order valence-electron chi connectivity index (χ2n) is 5.10. The Bertz CT molecular complexity index is 394. The number of carbonyl (C=O) groups is 1. The number of carboxylic acid groups (broad SMARTS) is 1. The van der Waals surface area contributed by atoms with Crippen molar-refractivity contribution in [3.63, 3.8) is 0 Å². The van der Waals surface area contributed by atoms with E-state index < -0.39 is 11.4 Å². The molecule has 1 N–H and O–H groups in total. The minimum atomic E-state index is -0.623. The van der Waals surface area contributed by atoms with Gasteiger partial charge in [0, 0.05) is 0 Å². The molecule has 0 bridgehead atoms. The Morgan fingerprint density at radius 1 is 1.24 bits per heavy atom. The molecule has 1 aliphatic rings. The third-order valence-corrected chi connectivity index (χ3v) is 4.32. The third-order valence-electron chi connectivity index (χ3n) is 4.32. The van der Waals surface area contributed by atoms with E-state index in [0.717, 1.165) is 12.8 Å². The van der Waals surface area contributed by atoms with Gasteiger partial charge in [0.1, 0.15) is 0 Å². The van der Waals surface area contributed by atoms with Crippen LogP contribution in [0.5, 0.6) is 0 Å². The van der Waals surface area contributed by atoms with Gasteiger partial charge in [0.05, 0.1) is 5.41 Å². The summed E-state index contributed by atoms with van der Waals surface area (Å²) in [6.07, 6.45) is 3.28. The highest BCUT2D eigenvalue weighted by Gasteiger charge is 2.48. The Labute approximate surface area is 103 Å². The predicted octanol–water partition coefficient (Wildman–Crippen LogP) is 3.29. The summed E-state index contributed by atoms with van der Waals surface area (Å²) in [5.74, 6) is -0.352. The van der Waals surface area contributed by atoms with E-state index >= 15 is 0 Å². The molecule has 92 valence electrons. The highest BCUT2D eigenvalue weighted by Crippen LogP contribution is 2.45. The molecule has 2 rings (SSSR count). The fourth-order valence-corrected chi connectivity index (χ4v) is 3.33. The molecule has 0 amide bonds. The second kappa shape index (κ2) is 4.52. The molecule has 0 saturated heterocycles. The van der Waals surface area contributed by atoms with Crippen LogP contribution in [0.2, 0.25) is 0 Å². The zero-order valence-corrected chi connectivity index (χ0v) is 10.6. The van der Waals surface area contributed by atoms with E-state index in [0.29, 0.717) is 12.8 Å². The van der Waals surface area contributed by atoms with Crippen LogP contribution in [0.1, 0.15) is 37.8 Å².